The molecule has 0 aliphatic rings. The molecule has 1 unspecified atom stereocenters. The number of aliphatic hydroxyl groups excluding tert-OH is 1. The lowest BCUT2D eigenvalue weighted by Gasteiger charge is -2.16. The first-order valence-electron chi connectivity index (χ1n) is 6.50. The zero-order valence-electron chi connectivity index (χ0n) is 11.9. The molecule has 0 saturated carbocycles. The summed E-state index contributed by atoms with van der Waals surface area (Å²) in [6.07, 6.45) is -1.02. The van der Waals surface area contributed by atoms with E-state index in [1.54, 1.807) is 6.07 Å². The van der Waals surface area contributed by atoms with Crippen LogP contribution in [0.4, 0.5) is 14.5 Å². The second-order valence-electron chi connectivity index (χ2n) is 4.89. The third-order valence-corrected chi connectivity index (χ3v) is 3.07. The fourth-order valence-electron chi connectivity index (χ4n) is 1.84. The van der Waals surface area contributed by atoms with Gasteiger partial charge in [-0.2, -0.15) is 0 Å². The summed E-state index contributed by atoms with van der Waals surface area (Å²) in [6.45, 7) is -0.0397. The first-order chi connectivity index (χ1) is 9.97. The lowest BCUT2D eigenvalue weighted by atomic mass is 10.1. The summed E-state index contributed by atoms with van der Waals surface area (Å²) in [6, 6.07) is 10.7. The van der Waals surface area contributed by atoms with Gasteiger partial charge in [-0.1, -0.05) is 12.1 Å². The van der Waals surface area contributed by atoms with Crippen LogP contribution in [0.5, 0.6) is 5.75 Å². The Morgan fingerprint density at radius 2 is 1.86 bits per heavy atom. The van der Waals surface area contributed by atoms with Gasteiger partial charge in [0.2, 0.25) is 0 Å². The minimum Gasteiger partial charge on any atom is -0.490 e. The first-order valence-corrected chi connectivity index (χ1v) is 6.50. The Morgan fingerprint density at radius 3 is 2.52 bits per heavy atom. The minimum atomic E-state index is -1.02. The molecule has 2 aromatic rings. The molecule has 2 aromatic carbocycles. The predicted octanol–water partition coefficient (Wildman–Crippen LogP) is 3.14. The lowest BCUT2D eigenvalue weighted by molar-refractivity contribution is 0.108. The third-order valence-electron chi connectivity index (χ3n) is 3.07. The molecule has 0 bridgehead atoms. The minimum absolute atomic E-state index is 0.0397. The highest BCUT2D eigenvalue weighted by molar-refractivity contribution is 5.49. The van der Waals surface area contributed by atoms with Gasteiger partial charge >= 0.3 is 0 Å². The normalized spacial score (nSPS) is 12.0. The fraction of sp³-hybridized carbons (Fsp3) is 0.250. The van der Waals surface area contributed by atoms with E-state index >= 15 is 0 Å². The van der Waals surface area contributed by atoms with E-state index in [0.29, 0.717) is 5.75 Å². The Morgan fingerprint density at radius 1 is 1.10 bits per heavy atom. The highest BCUT2D eigenvalue weighted by atomic mass is 19.2. The van der Waals surface area contributed by atoms with Crippen molar-refractivity contribution in [3.63, 3.8) is 0 Å². The lowest BCUT2D eigenvalue weighted by Crippen LogP contribution is -2.11. The van der Waals surface area contributed by atoms with Crippen molar-refractivity contribution in [2.45, 2.75) is 6.10 Å². The van der Waals surface area contributed by atoms with Gasteiger partial charge in [-0.15, -0.1) is 0 Å². The number of rotatable bonds is 5. The van der Waals surface area contributed by atoms with E-state index in [9.17, 15) is 13.9 Å². The molecule has 0 heterocycles. The van der Waals surface area contributed by atoms with Crippen LogP contribution in [0.1, 0.15) is 11.7 Å². The monoisotopic (exact) mass is 293 g/mol. The Hall–Kier alpha value is -2.14. The summed E-state index contributed by atoms with van der Waals surface area (Å²) in [5.74, 6) is -1.32. The number of anilines is 1. The molecule has 5 heteroatoms. The molecule has 0 saturated heterocycles. The van der Waals surface area contributed by atoms with E-state index in [4.69, 9.17) is 4.74 Å². The van der Waals surface area contributed by atoms with E-state index in [-0.39, 0.29) is 12.2 Å². The van der Waals surface area contributed by atoms with E-state index in [2.05, 4.69) is 0 Å². The molecule has 0 fully saturated rings. The molecule has 0 spiro atoms. The Kier molecular flexibility index (Phi) is 4.75. The number of benzene rings is 2. The summed E-state index contributed by atoms with van der Waals surface area (Å²) < 4.78 is 31.4. The van der Waals surface area contributed by atoms with E-state index in [1.165, 1.54) is 6.07 Å². The van der Waals surface area contributed by atoms with Crippen LogP contribution in [0.2, 0.25) is 0 Å². The molecule has 0 aliphatic heterocycles. The van der Waals surface area contributed by atoms with Crippen LogP contribution in [0, 0.1) is 11.6 Å². The molecular formula is C16H17F2NO2. The number of hydrogen-bond donors (Lipinski definition) is 1. The molecule has 0 aromatic heterocycles. The van der Waals surface area contributed by atoms with Gasteiger partial charge in [-0.05, 0) is 29.8 Å². The Balaban J connectivity index is 2.02. The highest BCUT2D eigenvalue weighted by Crippen LogP contribution is 2.22. The van der Waals surface area contributed by atoms with Crippen LogP contribution >= 0.6 is 0 Å². The molecule has 0 amide bonds. The van der Waals surface area contributed by atoms with Crippen molar-refractivity contribution in [1.29, 1.82) is 0 Å². The zero-order chi connectivity index (χ0) is 15.4. The number of nitrogens with zero attached hydrogens (tertiary/aromatic N) is 1. The summed E-state index contributed by atoms with van der Waals surface area (Å²) in [5, 5.41) is 9.95. The van der Waals surface area contributed by atoms with Crippen molar-refractivity contribution in [3.8, 4) is 5.75 Å². The first kappa shape index (κ1) is 15.3. The standard InChI is InChI=1S/C16H17F2NO2/c1-19(2)12-4-3-5-13(9-12)21-10-16(20)11-6-7-14(17)15(18)8-11/h3-9,16,20H,10H2,1-2H3. The van der Waals surface area contributed by atoms with Crippen molar-refractivity contribution in [2.75, 3.05) is 25.6 Å². The van der Waals surface area contributed by atoms with Crippen molar-refractivity contribution >= 4 is 5.69 Å². The van der Waals surface area contributed by atoms with Gasteiger partial charge in [0.15, 0.2) is 11.6 Å². The molecule has 3 nitrogen and oxygen atoms in total. The van der Waals surface area contributed by atoms with E-state index < -0.39 is 17.7 Å². The number of ether oxygens (including phenoxy) is 1. The Bertz CT molecular complexity index is 617. The third kappa shape index (κ3) is 3.92. The van der Waals surface area contributed by atoms with Gasteiger partial charge < -0.3 is 14.7 Å². The second kappa shape index (κ2) is 6.54. The van der Waals surface area contributed by atoms with Gasteiger partial charge in [0.25, 0.3) is 0 Å². The van der Waals surface area contributed by atoms with Crippen LogP contribution in [0.15, 0.2) is 42.5 Å². The smallest absolute Gasteiger partial charge is 0.159 e. The van der Waals surface area contributed by atoms with Gasteiger partial charge in [0.05, 0.1) is 0 Å². The largest absolute Gasteiger partial charge is 0.490 e. The summed E-state index contributed by atoms with van der Waals surface area (Å²) in [7, 11) is 3.82. The van der Waals surface area contributed by atoms with Crippen LogP contribution in [0.25, 0.3) is 0 Å². The van der Waals surface area contributed by atoms with Gasteiger partial charge in [-0.25, -0.2) is 8.78 Å². The maximum Gasteiger partial charge on any atom is 0.159 e. The molecule has 0 aliphatic carbocycles. The molecule has 21 heavy (non-hydrogen) atoms. The number of halogens is 2. The molecule has 0 radical (unpaired) electrons. The molecule has 1 atom stereocenters. The SMILES string of the molecule is CN(C)c1cccc(OCC(O)c2ccc(F)c(F)c2)c1. The molecule has 112 valence electrons. The summed E-state index contributed by atoms with van der Waals surface area (Å²) in [5.41, 5.74) is 1.24. The number of hydrogen-bond acceptors (Lipinski definition) is 3. The quantitative estimate of drug-likeness (QED) is 0.919. The van der Waals surface area contributed by atoms with Crippen LogP contribution in [-0.4, -0.2) is 25.8 Å². The van der Waals surface area contributed by atoms with Gasteiger partial charge in [0.1, 0.15) is 18.5 Å². The van der Waals surface area contributed by atoms with Crippen molar-refractivity contribution < 1.29 is 18.6 Å². The van der Waals surface area contributed by atoms with Gasteiger partial charge in [-0.3, -0.25) is 0 Å². The summed E-state index contributed by atoms with van der Waals surface area (Å²) in [4.78, 5) is 1.93. The van der Waals surface area contributed by atoms with Crippen LogP contribution in [-0.2, 0) is 0 Å². The maximum atomic E-state index is 13.1. The average Bonchev–Trinajstić information content (AvgIpc) is 2.48. The fourth-order valence-corrected chi connectivity index (χ4v) is 1.84. The van der Waals surface area contributed by atoms with Crippen molar-refractivity contribution in [2.24, 2.45) is 0 Å². The molecule has 1 N–H and O–H groups in total. The van der Waals surface area contributed by atoms with Crippen LogP contribution < -0.4 is 9.64 Å². The van der Waals surface area contributed by atoms with E-state index in [0.717, 1.165) is 17.8 Å². The topological polar surface area (TPSA) is 32.7 Å². The van der Waals surface area contributed by atoms with Crippen molar-refractivity contribution in [1.82, 2.24) is 0 Å². The zero-order valence-corrected chi connectivity index (χ0v) is 11.9. The maximum absolute atomic E-state index is 13.1. The average molecular weight is 293 g/mol. The Labute approximate surface area is 122 Å². The molecular weight excluding hydrogens is 276 g/mol. The number of aliphatic hydroxyl groups is 1. The molecule has 2 rings (SSSR count). The van der Waals surface area contributed by atoms with Crippen LogP contribution in [0.3, 0.4) is 0 Å². The second-order valence-corrected chi connectivity index (χ2v) is 4.89. The summed E-state index contributed by atoms with van der Waals surface area (Å²) >= 11 is 0. The predicted molar refractivity (Wildman–Crippen MR) is 77.6 cm³/mol. The van der Waals surface area contributed by atoms with Gasteiger partial charge in [0, 0.05) is 25.8 Å². The van der Waals surface area contributed by atoms with Crippen molar-refractivity contribution in [3.05, 3.63) is 59.7 Å². The van der Waals surface area contributed by atoms with E-state index in [1.807, 2.05) is 37.2 Å². The highest BCUT2D eigenvalue weighted by Gasteiger charge is 2.12.